The molecule has 0 unspecified atom stereocenters. The number of nitrogens with one attached hydrogen (secondary N) is 2. The largest absolute Gasteiger partial charge is 0.419 e. The lowest BCUT2D eigenvalue weighted by atomic mass is 10.1. The fourth-order valence-corrected chi connectivity index (χ4v) is 3.05. The minimum Gasteiger partial charge on any atom is -0.408 e. The van der Waals surface area contributed by atoms with Crippen LogP contribution in [0.3, 0.4) is 0 Å². The zero-order valence-corrected chi connectivity index (χ0v) is 14.1. The fourth-order valence-electron chi connectivity index (χ4n) is 2.88. The minimum atomic E-state index is -0.436. The third-order valence-corrected chi connectivity index (χ3v) is 4.39. The van der Waals surface area contributed by atoms with E-state index in [-0.39, 0.29) is 12.3 Å². The molecule has 0 aliphatic carbocycles. The number of carbonyl (C=O) groups is 1. The van der Waals surface area contributed by atoms with E-state index in [1.807, 2.05) is 18.3 Å². The van der Waals surface area contributed by atoms with E-state index < -0.39 is 5.76 Å². The number of halogens is 1. The summed E-state index contributed by atoms with van der Waals surface area (Å²) in [7, 11) is 1.62. The maximum atomic E-state index is 12.4. The van der Waals surface area contributed by atoms with Gasteiger partial charge < -0.3 is 14.7 Å². The first-order chi connectivity index (χ1) is 12.0. The Morgan fingerprint density at radius 3 is 2.96 bits per heavy atom. The number of hydrogen-bond donors (Lipinski definition) is 2. The summed E-state index contributed by atoms with van der Waals surface area (Å²) in [5.74, 6) is -0.595. The van der Waals surface area contributed by atoms with Gasteiger partial charge in [-0.15, -0.1) is 0 Å². The van der Waals surface area contributed by atoms with E-state index in [0.717, 1.165) is 16.5 Å². The van der Waals surface area contributed by atoms with Crippen molar-refractivity contribution >= 4 is 45.2 Å². The van der Waals surface area contributed by atoms with Gasteiger partial charge in [-0.05, 0) is 42.0 Å². The highest BCUT2D eigenvalue weighted by atomic mass is 35.5. The topological polar surface area (TPSA) is 80.0 Å². The Balaban J connectivity index is 1.58. The number of fused-ring (bicyclic) bond motifs is 2. The molecule has 0 saturated carbocycles. The average molecular weight is 356 g/mol. The van der Waals surface area contributed by atoms with Crippen LogP contribution >= 0.6 is 11.6 Å². The normalized spacial score (nSPS) is 11.3. The van der Waals surface area contributed by atoms with Crippen LogP contribution in [0.5, 0.6) is 0 Å². The first kappa shape index (κ1) is 15.5. The summed E-state index contributed by atoms with van der Waals surface area (Å²) in [6, 6.07) is 10.6. The van der Waals surface area contributed by atoms with Crippen LogP contribution in [-0.2, 0) is 18.3 Å². The predicted octanol–water partition coefficient (Wildman–Crippen LogP) is 3.45. The van der Waals surface area contributed by atoms with Crippen LogP contribution in [0.25, 0.3) is 22.0 Å². The second kappa shape index (κ2) is 5.82. The molecule has 0 spiro atoms. The van der Waals surface area contributed by atoms with Crippen LogP contribution in [0.15, 0.2) is 51.8 Å². The molecular weight excluding hydrogens is 342 g/mol. The number of hydrogen-bond acceptors (Lipinski definition) is 3. The van der Waals surface area contributed by atoms with E-state index in [1.165, 1.54) is 4.57 Å². The standard InChI is InChI=1S/C18H14ClN3O3/c1-22-15-8-12(3-5-16(15)25-18(22)24)21-17(23)6-10-9-20-14-4-2-11(19)7-13(10)14/h2-5,7-9,20H,6H2,1H3,(H,21,23). The molecule has 2 aromatic carbocycles. The van der Waals surface area contributed by atoms with Crippen molar-refractivity contribution in [3.8, 4) is 0 Å². The number of aromatic amines is 1. The Morgan fingerprint density at radius 1 is 1.28 bits per heavy atom. The van der Waals surface area contributed by atoms with Gasteiger partial charge in [0.05, 0.1) is 11.9 Å². The molecule has 0 atom stereocenters. The lowest BCUT2D eigenvalue weighted by molar-refractivity contribution is -0.115. The summed E-state index contributed by atoms with van der Waals surface area (Å²) >= 11 is 6.04. The van der Waals surface area contributed by atoms with Gasteiger partial charge in [0.15, 0.2) is 5.58 Å². The number of oxazole rings is 1. The average Bonchev–Trinajstić information content (AvgIpc) is 3.09. The molecule has 6 nitrogen and oxygen atoms in total. The predicted molar refractivity (Wildman–Crippen MR) is 97.1 cm³/mol. The highest BCUT2D eigenvalue weighted by molar-refractivity contribution is 6.31. The van der Waals surface area contributed by atoms with Crippen LogP contribution in [0.1, 0.15) is 5.56 Å². The molecule has 25 heavy (non-hydrogen) atoms. The van der Waals surface area contributed by atoms with Gasteiger partial charge in [-0.25, -0.2) is 4.79 Å². The molecule has 0 fully saturated rings. The van der Waals surface area contributed by atoms with Crippen molar-refractivity contribution in [3.05, 3.63) is 63.7 Å². The molecular formula is C18H14ClN3O3. The van der Waals surface area contributed by atoms with Gasteiger partial charge in [0.1, 0.15) is 0 Å². The molecule has 0 radical (unpaired) electrons. The smallest absolute Gasteiger partial charge is 0.408 e. The third kappa shape index (κ3) is 2.81. The lowest BCUT2D eigenvalue weighted by Crippen LogP contribution is -2.14. The van der Waals surface area contributed by atoms with Crippen molar-refractivity contribution < 1.29 is 9.21 Å². The Morgan fingerprint density at radius 2 is 2.12 bits per heavy atom. The molecule has 0 bridgehead atoms. The Labute approximate surface area is 147 Å². The van der Waals surface area contributed by atoms with Crippen LogP contribution in [0, 0.1) is 0 Å². The number of amides is 1. The molecule has 7 heteroatoms. The number of carbonyl (C=O) groups excluding carboxylic acids is 1. The van der Waals surface area contributed by atoms with Crippen LogP contribution in [0.2, 0.25) is 5.02 Å². The van der Waals surface area contributed by atoms with E-state index >= 15 is 0 Å². The number of anilines is 1. The molecule has 4 rings (SSSR count). The highest BCUT2D eigenvalue weighted by Crippen LogP contribution is 2.23. The van der Waals surface area contributed by atoms with Crippen molar-refractivity contribution in [2.75, 3.05) is 5.32 Å². The lowest BCUT2D eigenvalue weighted by Gasteiger charge is -2.05. The summed E-state index contributed by atoms with van der Waals surface area (Å²) < 4.78 is 6.48. The summed E-state index contributed by atoms with van der Waals surface area (Å²) in [5, 5.41) is 4.40. The molecule has 2 aromatic heterocycles. The second-order valence-electron chi connectivity index (χ2n) is 5.84. The third-order valence-electron chi connectivity index (χ3n) is 4.16. The monoisotopic (exact) mass is 355 g/mol. The second-order valence-corrected chi connectivity index (χ2v) is 6.27. The number of rotatable bonds is 3. The van der Waals surface area contributed by atoms with E-state index in [2.05, 4.69) is 10.3 Å². The Hall–Kier alpha value is -2.99. The van der Waals surface area contributed by atoms with Crippen molar-refractivity contribution in [1.29, 1.82) is 0 Å². The van der Waals surface area contributed by atoms with Gasteiger partial charge in [0, 0.05) is 34.9 Å². The number of aromatic nitrogens is 2. The maximum absolute atomic E-state index is 12.4. The molecule has 1 amide bonds. The molecule has 2 heterocycles. The number of benzene rings is 2. The van der Waals surface area contributed by atoms with Crippen LogP contribution in [0.4, 0.5) is 5.69 Å². The molecule has 0 aliphatic heterocycles. The van der Waals surface area contributed by atoms with Crippen molar-refractivity contribution in [2.24, 2.45) is 7.05 Å². The zero-order valence-electron chi connectivity index (χ0n) is 13.3. The van der Waals surface area contributed by atoms with Gasteiger partial charge in [-0.1, -0.05) is 11.6 Å². The Kier molecular flexibility index (Phi) is 3.62. The molecule has 2 N–H and O–H groups in total. The van der Waals surface area contributed by atoms with Gasteiger partial charge in [0.25, 0.3) is 0 Å². The van der Waals surface area contributed by atoms with E-state index in [9.17, 15) is 9.59 Å². The van der Waals surface area contributed by atoms with Gasteiger partial charge in [0.2, 0.25) is 5.91 Å². The number of nitrogens with zero attached hydrogens (tertiary/aromatic N) is 1. The van der Waals surface area contributed by atoms with E-state index in [4.69, 9.17) is 16.0 Å². The van der Waals surface area contributed by atoms with E-state index in [0.29, 0.717) is 21.8 Å². The molecule has 126 valence electrons. The van der Waals surface area contributed by atoms with Crippen molar-refractivity contribution in [1.82, 2.24) is 9.55 Å². The zero-order chi connectivity index (χ0) is 17.6. The molecule has 4 aromatic rings. The van der Waals surface area contributed by atoms with Crippen LogP contribution in [-0.4, -0.2) is 15.5 Å². The SMILES string of the molecule is Cn1c(=O)oc2ccc(NC(=O)Cc3c[nH]c4ccc(Cl)cc34)cc21. The molecule has 0 aliphatic rings. The summed E-state index contributed by atoms with van der Waals surface area (Å²) in [6.07, 6.45) is 2.02. The summed E-state index contributed by atoms with van der Waals surface area (Å²) in [4.78, 5) is 27.0. The van der Waals surface area contributed by atoms with Gasteiger partial charge >= 0.3 is 5.76 Å². The first-order valence-electron chi connectivity index (χ1n) is 7.66. The summed E-state index contributed by atoms with van der Waals surface area (Å²) in [5.41, 5.74) is 3.51. The van der Waals surface area contributed by atoms with Crippen LogP contribution < -0.4 is 11.1 Å². The number of aryl methyl sites for hydroxylation is 1. The number of H-pyrrole nitrogens is 1. The van der Waals surface area contributed by atoms with Gasteiger partial charge in [-0.2, -0.15) is 0 Å². The quantitative estimate of drug-likeness (QED) is 0.590. The molecule has 0 saturated heterocycles. The van der Waals surface area contributed by atoms with E-state index in [1.54, 1.807) is 31.3 Å². The fraction of sp³-hybridized carbons (Fsp3) is 0.111. The maximum Gasteiger partial charge on any atom is 0.419 e. The first-order valence-corrected chi connectivity index (χ1v) is 8.04. The van der Waals surface area contributed by atoms with Gasteiger partial charge in [-0.3, -0.25) is 9.36 Å². The minimum absolute atomic E-state index is 0.159. The van der Waals surface area contributed by atoms with Crippen molar-refractivity contribution in [3.63, 3.8) is 0 Å². The Bertz CT molecular complexity index is 1170. The summed E-state index contributed by atoms with van der Waals surface area (Å²) in [6.45, 7) is 0. The highest BCUT2D eigenvalue weighted by Gasteiger charge is 2.11. The van der Waals surface area contributed by atoms with Crippen molar-refractivity contribution in [2.45, 2.75) is 6.42 Å².